The zero-order valence-electron chi connectivity index (χ0n) is 13.5. The Bertz CT molecular complexity index is 766. The fourth-order valence-electron chi connectivity index (χ4n) is 3.00. The average Bonchev–Trinajstić information content (AvgIpc) is 2.59. The first-order valence-electron chi connectivity index (χ1n) is 8.39. The molecule has 0 bridgehead atoms. The Balaban J connectivity index is 1.95. The van der Waals surface area contributed by atoms with E-state index in [1.165, 1.54) is 12.8 Å². The summed E-state index contributed by atoms with van der Waals surface area (Å²) in [6, 6.07) is 18.1. The Morgan fingerprint density at radius 1 is 0.870 bits per heavy atom. The molecule has 3 aromatic rings. The number of rotatable bonds is 6. The Morgan fingerprint density at radius 3 is 2.09 bits per heavy atom. The standard InChI is InChI=1S/C21H22O2/c1-2-3-4-9-14-23-21(22)20-18-12-7-5-10-16(18)15-17-11-6-8-13-19(17)20/h5-8,10-13,15H,2-4,9,14H2,1H3. The molecule has 0 amide bonds. The molecule has 3 rings (SSSR count). The number of hydrogen-bond donors (Lipinski definition) is 0. The van der Waals surface area contributed by atoms with E-state index in [0.29, 0.717) is 12.2 Å². The summed E-state index contributed by atoms with van der Waals surface area (Å²) >= 11 is 0. The predicted molar refractivity (Wildman–Crippen MR) is 95.9 cm³/mol. The Morgan fingerprint density at radius 2 is 1.48 bits per heavy atom. The van der Waals surface area contributed by atoms with Crippen LogP contribution in [0.1, 0.15) is 43.0 Å². The molecule has 0 heterocycles. The second kappa shape index (κ2) is 7.28. The van der Waals surface area contributed by atoms with Gasteiger partial charge in [0.1, 0.15) is 0 Å². The number of fused-ring (bicyclic) bond motifs is 2. The van der Waals surface area contributed by atoms with Crippen LogP contribution in [0.5, 0.6) is 0 Å². The highest BCUT2D eigenvalue weighted by molar-refractivity contribution is 6.16. The molecule has 0 N–H and O–H groups in total. The van der Waals surface area contributed by atoms with E-state index < -0.39 is 0 Å². The Labute approximate surface area is 137 Å². The Hall–Kier alpha value is -2.35. The molecule has 118 valence electrons. The van der Waals surface area contributed by atoms with Crippen LogP contribution < -0.4 is 0 Å². The van der Waals surface area contributed by atoms with Crippen molar-refractivity contribution in [2.45, 2.75) is 32.6 Å². The summed E-state index contributed by atoms with van der Waals surface area (Å²) in [7, 11) is 0. The van der Waals surface area contributed by atoms with Crippen LogP contribution in [0.3, 0.4) is 0 Å². The number of carbonyl (C=O) groups is 1. The van der Waals surface area contributed by atoms with E-state index in [0.717, 1.165) is 34.4 Å². The van der Waals surface area contributed by atoms with Crippen molar-refractivity contribution in [1.82, 2.24) is 0 Å². The van der Waals surface area contributed by atoms with E-state index in [1.54, 1.807) is 0 Å². The van der Waals surface area contributed by atoms with Crippen LogP contribution in [-0.2, 0) is 4.74 Å². The molecule has 0 aliphatic carbocycles. The first kappa shape index (κ1) is 15.5. The minimum atomic E-state index is -0.213. The van der Waals surface area contributed by atoms with Crippen molar-refractivity contribution in [2.75, 3.05) is 6.61 Å². The molecule has 0 aliphatic rings. The van der Waals surface area contributed by atoms with Crippen LogP contribution >= 0.6 is 0 Å². The van der Waals surface area contributed by atoms with Gasteiger partial charge in [0.15, 0.2) is 0 Å². The van der Waals surface area contributed by atoms with Gasteiger partial charge in [0.05, 0.1) is 12.2 Å². The van der Waals surface area contributed by atoms with Gasteiger partial charge in [-0.25, -0.2) is 4.79 Å². The van der Waals surface area contributed by atoms with Crippen molar-refractivity contribution >= 4 is 27.5 Å². The molecule has 0 atom stereocenters. The monoisotopic (exact) mass is 306 g/mol. The number of hydrogen-bond acceptors (Lipinski definition) is 2. The quantitative estimate of drug-likeness (QED) is 0.330. The van der Waals surface area contributed by atoms with Crippen LogP contribution in [0.15, 0.2) is 54.6 Å². The summed E-state index contributed by atoms with van der Waals surface area (Å²) in [6.07, 6.45) is 4.42. The highest BCUT2D eigenvalue weighted by atomic mass is 16.5. The predicted octanol–water partition coefficient (Wildman–Crippen LogP) is 5.73. The lowest BCUT2D eigenvalue weighted by molar-refractivity contribution is 0.0502. The number of benzene rings is 3. The van der Waals surface area contributed by atoms with E-state index >= 15 is 0 Å². The average molecular weight is 306 g/mol. The zero-order chi connectivity index (χ0) is 16.1. The zero-order valence-corrected chi connectivity index (χ0v) is 13.5. The molecular weight excluding hydrogens is 284 g/mol. The largest absolute Gasteiger partial charge is 0.462 e. The van der Waals surface area contributed by atoms with Crippen LogP contribution in [-0.4, -0.2) is 12.6 Å². The van der Waals surface area contributed by atoms with Crippen LogP contribution in [0.4, 0.5) is 0 Å². The van der Waals surface area contributed by atoms with E-state index in [-0.39, 0.29) is 5.97 Å². The van der Waals surface area contributed by atoms with Crippen molar-refractivity contribution in [3.05, 3.63) is 60.2 Å². The molecule has 0 saturated heterocycles. The molecule has 0 spiro atoms. The minimum absolute atomic E-state index is 0.213. The van der Waals surface area contributed by atoms with Gasteiger partial charge in [-0.1, -0.05) is 74.7 Å². The molecule has 0 aliphatic heterocycles. The van der Waals surface area contributed by atoms with Gasteiger partial charge >= 0.3 is 5.97 Å². The van der Waals surface area contributed by atoms with Crippen molar-refractivity contribution in [2.24, 2.45) is 0 Å². The third-order valence-electron chi connectivity index (χ3n) is 4.21. The van der Waals surface area contributed by atoms with Gasteiger partial charge in [-0.3, -0.25) is 0 Å². The molecule has 23 heavy (non-hydrogen) atoms. The summed E-state index contributed by atoms with van der Waals surface area (Å²) < 4.78 is 5.55. The molecule has 0 aromatic heterocycles. The number of carbonyl (C=O) groups excluding carboxylic acids is 1. The molecule has 2 heteroatoms. The van der Waals surface area contributed by atoms with Crippen molar-refractivity contribution in [1.29, 1.82) is 0 Å². The fourth-order valence-corrected chi connectivity index (χ4v) is 3.00. The van der Waals surface area contributed by atoms with Crippen molar-refractivity contribution in [3.63, 3.8) is 0 Å². The number of ether oxygens (including phenoxy) is 1. The van der Waals surface area contributed by atoms with E-state index in [1.807, 2.05) is 48.5 Å². The lowest BCUT2D eigenvalue weighted by Crippen LogP contribution is -2.08. The molecule has 0 radical (unpaired) electrons. The first-order chi connectivity index (χ1) is 11.3. The fraction of sp³-hybridized carbons (Fsp3) is 0.286. The maximum absolute atomic E-state index is 12.7. The smallest absolute Gasteiger partial charge is 0.339 e. The molecule has 0 saturated carbocycles. The van der Waals surface area contributed by atoms with E-state index in [2.05, 4.69) is 13.0 Å². The highest BCUT2D eigenvalue weighted by Crippen LogP contribution is 2.29. The molecular formula is C21H22O2. The van der Waals surface area contributed by atoms with Gasteiger partial charge in [-0.05, 0) is 34.0 Å². The van der Waals surface area contributed by atoms with Gasteiger partial charge in [0, 0.05) is 0 Å². The maximum Gasteiger partial charge on any atom is 0.339 e. The second-order valence-electron chi connectivity index (χ2n) is 5.89. The van der Waals surface area contributed by atoms with Gasteiger partial charge in [0.2, 0.25) is 0 Å². The van der Waals surface area contributed by atoms with Crippen LogP contribution in [0.2, 0.25) is 0 Å². The van der Waals surface area contributed by atoms with Crippen molar-refractivity contribution < 1.29 is 9.53 Å². The first-order valence-corrected chi connectivity index (χ1v) is 8.39. The Kier molecular flexibility index (Phi) is 4.92. The molecule has 0 unspecified atom stereocenters. The number of esters is 1. The molecule has 2 nitrogen and oxygen atoms in total. The topological polar surface area (TPSA) is 26.3 Å². The maximum atomic E-state index is 12.7. The summed E-state index contributed by atoms with van der Waals surface area (Å²) in [5.74, 6) is -0.213. The van der Waals surface area contributed by atoms with E-state index in [9.17, 15) is 4.79 Å². The summed E-state index contributed by atoms with van der Waals surface area (Å²) in [5.41, 5.74) is 0.689. The third kappa shape index (κ3) is 3.37. The second-order valence-corrected chi connectivity index (χ2v) is 5.89. The SMILES string of the molecule is CCCCCCOC(=O)c1c2ccccc2cc2ccccc12. The summed E-state index contributed by atoms with van der Waals surface area (Å²) in [4.78, 5) is 12.7. The number of unbranched alkanes of at least 4 members (excludes halogenated alkanes) is 3. The molecule has 0 fully saturated rings. The van der Waals surface area contributed by atoms with Crippen LogP contribution in [0.25, 0.3) is 21.5 Å². The van der Waals surface area contributed by atoms with Gasteiger partial charge in [-0.15, -0.1) is 0 Å². The lowest BCUT2D eigenvalue weighted by atomic mass is 9.97. The van der Waals surface area contributed by atoms with Crippen molar-refractivity contribution in [3.8, 4) is 0 Å². The van der Waals surface area contributed by atoms with Gasteiger partial charge < -0.3 is 4.74 Å². The van der Waals surface area contributed by atoms with Gasteiger partial charge in [-0.2, -0.15) is 0 Å². The normalized spacial score (nSPS) is 11.0. The third-order valence-corrected chi connectivity index (χ3v) is 4.21. The highest BCUT2D eigenvalue weighted by Gasteiger charge is 2.15. The lowest BCUT2D eigenvalue weighted by Gasteiger charge is -2.11. The molecule has 3 aromatic carbocycles. The van der Waals surface area contributed by atoms with Crippen LogP contribution in [0, 0.1) is 0 Å². The summed E-state index contributed by atoms with van der Waals surface area (Å²) in [5, 5.41) is 4.07. The van der Waals surface area contributed by atoms with E-state index in [4.69, 9.17) is 4.74 Å². The minimum Gasteiger partial charge on any atom is -0.462 e. The van der Waals surface area contributed by atoms with Gasteiger partial charge in [0.25, 0.3) is 0 Å². The summed E-state index contributed by atoms with van der Waals surface area (Å²) in [6.45, 7) is 2.67.